The number of benzene rings is 2. The zero-order valence-corrected chi connectivity index (χ0v) is 14.4. The van der Waals surface area contributed by atoms with Gasteiger partial charge >= 0.3 is 0 Å². The molecule has 23 heavy (non-hydrogen) atoms. The summed E-state index contributed by atoms with van der Waals surface area (Å²) in [5.41, 5.74) is 1.95. The van der Waals surface area contributed by atoms with E-state index >= 15 is 0 Å². The van der Waals surface area contributed by atoms with Gasteiger partial charge in [-0.2, -0.15) is 0 Å². The van der Waals surface area contributed by atoms with Crippen LogP contribution in [0.3, 0.4) is 0 Å². The summed E-state index contributed by atoms with van der Waals surface area (Å²) in [5.74, 6) is 0.555. The van der Waals surface area contributed by atoms with Crippen molar-refractivity contribution in [3.8, 4) is 0 Å². The fourth-order valence-corrected chi connectivity index (χ4v) is 3.47. The third kappa shape index (κ3) is 4.07. The van der Waals surface area contributed by atoms with Gasteiger partial charge in [0.1, 0.15) is 0 Å². The number of carbonyl (C=O) groups is 1. The quantitative estimate of drug-likeness (QED) is 0.757. The minimum Gasteiger partial charge on any atom is -0.338 e. The molecule has 1 atom stereocenters. The van der Waals surface area contributed by atoms with Crippen LogP contribution in [0.2, 0.25) is 10.0 Å². The molecule has 0 aliphatic carbocycles. The van der Waals surface area contributed by atoms with E-state index < -0.39 is 0 Å². The molecule has 1 heterocycles. The predicted octanol–water partition coefficient (Wildman–Crippen LogP) is 5.09. The number of hydrogen-bond acceptors (Lipinski definition) is 1. The molecule has 1 saturated heterocycles. The zero-order chi connectivity index (χ0) is 16.2. The van der Waals surface area contributed by atoms with Crippen molar-refractivity contribution in [2.75, 3.05) is 13.1 Å². The highest BCUT2D eigenvalue weighted by Crippen LogP contribution is 2.26. The molecule has 1 fully saturated rings. The molecule has 0 spiro atoms. The summed E-state index contributed by atoms with van der Waals surface area (Å²) in [5, 5.41) is 0.902. The van der Waals surface area contributed by atoms with Gasteiger partial charge in [0.25, 0.3) is 5.91 Å². The average Bonchev–Trinajstić information content (AvgIpc) is 2.58. The van der Waals surface area contributed by atoms with Gasteiger partial charge in [-0.25, -0.2) is 0 Å². The van der Waals surface area contributed by atoms with Crippen LogP contribution in [-0.4, -0.2) is 23.9 Å². The van der Waals surface area contributed by atoms with Crippen LogP contribution in [0.5, 0.6) is 0 Å². The average molecular weight is 348 g/mol. The highest BCUT2D eigenvalue weighted by atomic mass is 35.5. The van der Waals surface area contributed by atoms with Crippen LogP contribution in [0.25, 0.3) is 0 Å². The normalized spacial score (nSPS) is 18.0. The van der Waals surface area contributed by atoms with Crippen LogP contribution in [0.15, 0.2) is 48.5 Å². The minimum absolute atomic E-state index is 0.0429. The molecule has 0 bridgehead atoms. The van der Waals surface area contributed by atoms with Crippen molar-refractivity contribution < 1.29 is 4.79 Å². The first kappa shape index (κ1) is 16.4. The topological polar surface area (TPSA) is 20.3 Å². The number of hydrogen-bond donors (Lipinski definition) is 0. The van der Waals surface area contributed by atoms with E-state index in [0.29, 0.717) is 21.5 Å². The van der Waals surface area contributed by atoms with E-state index in [1.54, 1.807) is 18.2 Å². The molecule has 3 rings (SSSR count). The Morgan fingerprint density at radius 1 is 1.09 bits per heavy atom. The number of carbonyl (C=O) groups excluding carboxylic acids is 1. The lowest BCUT2D eigenvalue weighted by molar-refractivity contribution is 0.0673. The monoisotopic (exact) mass is 347 g/mol. The molecule has 0 saturated carbocycles. The lowest BCUT2D eigenvalue weighted by Crippen LogP contribution is -2.40. The maximum Gasteiger partial charge on any atom is 0.253 e. The molecule has 2 aromatic rings. The van der Waals surface area contributed by atoms with Gasteiger partial charge in [-0.1, -0.05) is 53.5 Å². The van der Waals surface area contributed by atoms with Crippen molar-refractivity contribution in [2.24, 2.45) is 5.92 Å². The Labute approximate surface area is 147 Å². The summed E-state index contributed by atoms with van der Waals surface area (Å²) in [7, 11) is 0. The summed E-state index contributed by atoms with van der Waals surface area (Å²) >= 11 is 12.0. The fourth-order valence-electron chi connectivity index (χ4n) is 3.18. The fraction of sp³-hybridized carbons (Fsp3) is 0.316. The second-order valence-electron chi connectivity index (χ2n) is 6.08. The summed E-state index contributed by atoms with van der Waals surface area (Å²) in [6.45, 7) is 1.61. The summed E-state index contributed by atoms with van der Waals surface area (Å²) in [6.07, 6.45) is 3.23. The Morgan fingerprint density at radius 2 is 1.87 bits per heavy atom. The lowest BCUT2D eigenvalue weighted by atomic mass is 9.91. The highest BCUT2D eigenvalue weighted by Gasteiger charge is 2.24. The SMILES string of the molecule is O=C(c1ccc(Cl)c(Cl)c1)N1CCCC(Cc2ccccc2)C1. The van der Waals surface area contributed by atoms with Gasteiger partial charge in [0.05, 0.1) is 10.0 Å². The zero-order valence-electron chi connectivity index (χ0n) is 12.8. The van der Waals surface area contributed by atoms with Crippen molar-refractivity contribution >= 4 is 29.1 Å². The van der Waals surface area contributed by atoms with Crippen molar-refractivity contribution in [3.63, 3.8) is 0 Å². The number of halogens is 2. The van der Waals surface area contributed by atoms with E-state index in [9.17, 15) is 4.79 Å². The van der Waals surface area contributed by atoms with Gasteiger partial charge in [0, 0.05) is 18.7 Å². The molecule has 120 valence electrons. The van der Waals surface area contributed by atoms with E-state index in [4.69, 9.17) is 23.2 Å². The molecule has 0 radical (unpaired) electrons. The van der Waals surface area contributed by atoms with Crippen molar-refractivity contribution in [3.05, 3.63) is 69.7 Å². The number of nitrogens with zero attached hydrogens (tertiary/aromatic N) is 1. The third-order valence-corrected chi connectivity index (χ3v) is 5.08. The third-order valence-electron chi connectivity index (χ3n) is 4.34. The Bertz CT molecular complexity index is 687. The molecule has 0 N–H and O–H groups in total. The summed E-state index contributed by atoms with van der Waals surface area (Å²) in [6, 6.07) is 15.6. The molecular weight excluding hydrogens is 329 g/mol. The van der Waals surface area contributed by atoms with E-state index in [2.05, 4.69) is 24.3 Å². The first-order chi connectivity index (χ1) is 11.1. The molecule has 4 heteroatoms. The van der Waals surface area contributed by atoms with E-state index in [1.807, 2.05) is 11.0 Å². The molecule has 1 unspecified atom stereocenters. The summed E-state index contributed by atoms with van der Waals surface area (Å²) < 4.78 is 0. The molecule has 1 aliphatic heterocycles. The summed E-state index contributed by atoms with van der Waals surface area (Å²) in [4.78, 5) is 14.6. The minimum atomic E-state index is 0.0429. The largest absolute Gasteiger partial charge is 0.338 e. The van der Waals surface area contributed by atoms with Gasteiger partial charge in [-0.3, -0.25) is 4.79 Å². The van der Waals surface area contributed by atoms with Crippen molar-refractivity contribution in [2.45, 2.75) is 19.3 Å². The van der Waals surface area contributed by atoms with Gasteiger partial charge < -0.3 is 4.90 Å². The number of piperidine rings is 1. The van der Waals surface area contributed by atoms with Crippen LogP contribution >= 0.6 is 23.2 Å². The van der Waals surface area contributed by atoms with Gasteiger partial charge in [0.15, 0.2) is 0 Å². The number of likely N-dealkylation sites (tertiary alicyclic amines) is 1. The van der Waals surface area contributed by atoms with E-state index in [-0.39, 0.29) is 5.91 Å². The van der Waals surface area contributed by atoms with Crippen molar-refractivity contribution in [1.29, 1.82) is 0 Å². The van der Waals surface area contributed by atoms with Gasteiger partial charge in [-0.15, -0.1) is 0 Å². The molecule has 0 aromatic heterocycles. The second-order valence-corrected chi connectivity index (χ2v) is 6.89. The predicted molar refractivity (Wildman–Crippen MR) is 95.2 cm³/mol. The maximum absolute atomic E-state index is 12.7. The lowest BCUT2D eigenvalue weighted by Gasteiger charge is -2.33. The molecule has 2 nitrogen and oxygen atoms in total. The first-order valence-corrected chi connectivity index (χ1v) is 8.67. The van der Waals surface area contributed by atoms with Gasteiger partial charge in [0.2, 0.25) is 0 Å². The Kier molecular flexibility index (Phi) is 5.24. The number of rotatable bonds is 3. The molecule has 2 aromatic carbocycles. The van der Waals surface area contributed by atoms with E-state index in [1.165, 1.54) is 12.0 Å². The Morgan fingerprint density at radius 3 is 2.61 bits per heavy atom. The Balaban J connectivity index is 1.68. The van der Waals surface area contributed by atoms with Crippen LogP contribution in [0, 0.1) is 5.92 Å². The second kappa shape index (κ2) is 7.37. The molecule has 1 amide bonds. The Hall–Kier alpha value is -1.51. The first-order valence-electron chi connectivity index (χ1n) is 7.92. The van der Waals surface area contributed by atoms with Crippen LogP contribution in [0.1, 0.15) is 28.8 Å². The van der Waals surface area contributed by atoms with Crippen LogP contribution in [-0.2, 0) is 6.42 Å². The van der Waals surface area contributed by atoms with Gasteiger partial charge in [-0.05, 0) is 48.9 Å². The molecular formula is C19H19Cl2NO. The van der Waals surface area contributed by atoms with E-state index in [0.717, 1.165) is 25.9 Å². The molecule has 1 aliphatic rings. The van der Waals surface area contributed by atoms with Crippen LogP contribution < -0.4 is 0 Å². The van der Waals surface area contributed by atoms with Crippen molar-refractivity contribution in [1.82, 2.24) is 4.90 Å². The smallest absolute Gasteiger partial charge is 0.253 e. The van der Waals surface area contributed by atoms with Crippen LogP contribution in [0.4, 0.5) is 0 Å². The standard InChI is InChI=1S/C19H19Cl2NO/c20-17-9-8-16(12-18(17)21)19(23)22-10-4-7-15(13-22)11-14-5-2-1-3-6-14/h1-3,5-6,8-9,12,15H,4,7,10-11,13H2. The number of amides is 1. The maximum atomic E-state index is 12.7. The highest BCUT2D eigenvalue weighted by molar-refractivity contribution is 6.42.